The fourth-order valence-electron chi connectivity index (χ4n) is 2.36. The van der Waals surface area contributed by atoms with E-state index in [0.717, 1.165) is 38.4 Å². The molecule has 2 heterocycles. The van der Waals surface area contributed by atoms with E-state index < -0.39 is 0 Å². The second-order valence-electron chi connectivity index (χ2n) is 4.54. The zero-order valence-corrected chi connectivity index (χ0v) is 10.9. The van der Waals surface area contributed by atoms with Crippen molar-refractivity contribution in [3.63, 3.8) is 0 Å². The van der Waals surface area contributed by atoms with E-state index in [-0.39, 0.29) is 12.5 Å². The van der Waals surface area contributed by atoms with Crippen LogP contribution in [0, 0.1) is 0 Å². The molecular formula is C13H21N3O2. The van der Waals surface area contributed by atoms with E-state index in [2.05, 4.69) is 4.90 Å². The quantitative estimate of drug-likeness (QED) is 0.835. The molecule has 0 unspecified atom stereocenters. The molecule has 1 aromatic rings. The highest BCUT2D eigenvalue weighted by molar-refractivity contribution is 5.92. The number of rotatable bonds is 4. The van der Waals surface area contributed by atoms with Crippen LogP contribution in [-0.4, -0.2) is 64.7 Å². The van der Waals surface area contributed by atoms with Crippen molar-refractivity contribution in [3.8, 4) is 0 Å². The van der Waals surface area contributed by atoms with Crippen LogP contribution in [0.4, 0.5) is 0 Å². The van der Waals surface area contributed by atoms with Crippen molar-refractivity contribution in [2.45, 2.75) is 13.5 Å². The third kappa shape index (κ3) is 2.73. The van der Waals surface area contributed by atoms with Crippen LogP contribution in [0.15, 0.2) is 18.3 Å². The number of carbonyl (C=O) groups is 1. The molecule has 100 valence electrons. The van der Waals surface area contributed by atoms with E-state index in [1.54, 1.807) is 0 Å². The van der Waals surface area contributed by atoms with Gasteiger partial charge in [-0.15, -0.1) is 0 Å². The summed E-state index contributed by atoms with van der Waals surface area (Å²) in [6, 6.07) is 3.80. The topological polar surface area (TPSA) is 48.7 Å². The van der Waals surface area contributed by atoms with Crippen LogP contribution in [0.2, 0.25) is 0 Å². The van der Waals surface area contributed by atoms with Gasteiger partial charge in [0.05, 0.1) is 6.61 Å². The van der Waals surface area contributed by atoms with Gasteiger partial charge >= 0.3 is 0 Å². The highest BCUT2D eigenvalue weighted by Crippen LogP contribution is 2.10. The summed E-state index contributed by atoms with van der Waals surface area (Å²) < 4.78 is 1.97. The lowest BCUT2D eigenvalue weighted by Crippen LogP contribution is -2.49. The number of nitrogens with zero attached hydrogens (tertiary/aromatic N) is 3. The Morgan fingerprint density at radius 3 is 2.67 bits per heavy atom. The van der Waals surface area contributed by atoms with Crippen LogP contribution in [0.3, 0.4) is 0 Å². The Labute approximate surface area is 108 Å². The van der Waals surface area contributed by atoms with Crippen molar-refractivity contribution in [3.05, 3.63) is 24.0 Å². The third-order valence-electron chi connectivity index (χ3n) is 3.47. The molecule has 1 amide bonds. The maximum Gasteiger partial charge on any atom is 0.270 e. The molecule has 5 nitrogen and oxygen atoms in total. The summed E-state index contributed by atoms with van der Waals surface area (Å²) in [7, 11) is 0. The Hall–Kier alpha value is -1.33. The van der Waals surface area contributed by atoms with Gasteiger partial charge < -0.3 is 14.6 Å². The monoisotopic (exact) mass is 251 g/mol. The Morgan fingerprint density at radius 2 is 2.06 bits per heavy atom. The van der Waals surface area contributed by atoms with Gasteiger partial charge in [-0.1, -0.05) is 0 Å². The average Bonchev–Trinajstić information content (AvgIpc) is 2.87. The Kier molecular flexibility index (Phi) is 4.38. The molecular weight excluding hydrogens is 230 g/mol. The molecule has 5 heteroatoms. The lowest BCUT2D eigenvalue weighted by atomic mass is 10.2. The van der Waals surface area contributed by atoms with Gasteiger partial charge in [-0.3, -0.25) is 9.69 Å². The molecule has 1 aromatic heterocycles. The van der Waals surface area contributed by atoms with Gasteiger partial charge in [-0.05, 0) is 19.1 Å². The maximum atomic E-state index is 12.3. The molecule has 1 N–H and O–H groups in total. The molecule has 18 heavy (non-hydrogen) atoms. The van der Waals surface area contributed by atoms with Crippen LogP contribution < -0.4 is 0 Å². The Balaban J connectivity index is 1.95. The van der Waals surface area contributed by atoms with Crippen molar-refractivity contribution >= 4 is 5.91 Å². The van der Waals surface area contributed by atoms with Gasteiger partial charge in [-0.25, -0.2) is 0 Å². The first-order valence-electron chi connectivity index (χ1n) is 6.54. The van der Waals surface area contributed by atoms with E-state index in [9.17, 15) is 4.79 Å². The van der Waals surface area contributed by atoms with Gasteiger partial charge in [0.25, 0.3) is 5.91 Å². The molecule has 0 aliphatic carbocycles. The van der Waals surface area contributed by atoms with Gasteiger partial charge in [0.2, 0.25) is 0 Å². The number of hydrogen-bond acceptors (Lipinski definition) is 3. The number of β-amino-alcohol motifs (C(OH)–C–C–N with tert-alkyl or cyclic N) is 1. The fourth-order valence-corrected chi connectivity index (χ4v) is 2.36. The van der Waals surface area contributed by atoms with Crippen LogP contribution >= 0.6 is 0 Å². The zero-order valence-electron chi connectivity index (χ0n) is 10.9. The van der Waals surface area contributed by atoms with E-state index in [1.807, 2.05) is 34.7 Å². The molecule has 0 atom stereocenters. The minimum Gasteiger partial charge on any atom is -0.395 e. The summed E-state index contributed by atoms with van der Waals surface area (Å²) in [4.78, 5) is 16.4. The zero-order chi connectivity index (χ0) is 13.0. The summed E-state index contributed by atoms with van der Waals surface area (Å²) in [5, 5.41) is 8.89. The molecule has 0 spiro atoms. The first-order valence-corrected chi connectivity index (χ1v) is 6.54. The molecule has 0 aromatic carbocycles. The van der Waals surface area contributed by atoms with E-state index >= 15 is 0 Å². The predicted octanol–water partition coefficient (Wildman–Crippen LogP) is 0.258. The van der Waals surface area contributed by atoms with Crippen molar-refractivity contribution in [2.24, 2.45) is 0 Å². The smallest absolute Gasteiger partial charge is 0.270 e. The number of piperazine rings is 1. The predicted molar refractivity (Wildman–Crippen MR) is 69.5 cm³/mol. The van der Waals surface area contributed by atoms with Crippen LogP contribution in [0.25, 0.3) is 0 Å². The molecule has 1 saturated heterocycles. The van der Waals surface area contributed by atoms with E-state index in [1.165, 1.54) is 0 Å². The number of hydrogen-bond donors (Lipinski definition) is 1. The minimum atomic E-state index is 0.116. The number of aliphatic hydroxyl groups excluding tert-OH is 1. The summed E-state index contributed by atoms with van der Waals surface area (Å²) in [6.07, 6.45) is 1.94. The Bertz CT molecular complexity index is 395. The third-order valence-corrected chi connectivity index (χ3v) is 3.47. The van der Waals surface area contributed by atoms with Crippen molar-refractivity contribution < 1.29 is 9.90 Å². The maximum absolute atomic E-state index is 12.3. The molecule has 1 aliphatic heterocycles. The van der Waals surface area contributed by atoms with Crippen LogP contribution in [0.5, 0.6) is 0 Å². The molecule has 2 rings (SSSR count). The van der Waals surface area contributed by atoms with Crippen LogP contribution in [0.1, 0.15) is 17.4 Å². The summed E-state index contributed by atoms with van der Waals surface area (Å²) in [5.41, 5.74) is 0.771. The normalized spacial score (nSPS) is 17.1. The van der Waals surface area contributed by atoms with E-state index in [0.29, 0.717) is 6.54 Å². The summed E-state index contributed by atoms with van der Waals surface area (Å²) in [5.74, 6) is 0.116. The highest BCUT2D eigenvalue weighted by Gasteiger charge is 2.23. The lowest BCUT2D eigenvalue weighted by molar-refractivity contribution is 0.0605. The molecule has 0 radical (unpaired) electrons. The van der Waals surface area contributed by atoms with Gasteiger partial charge in [-0.2, -0.15) is 0 Å². The number of amides is 1. The Morgan fingerprint density at radius 1 is 1.33 bits per heavy atom. The molecule has 1 fully saturated rings. The highest BCUT2D eigenvalue weighted by atomic mass is 16.3. The minimum absolute atomic E-state index is 0.116. The van der Waals surface area contributed by atoms with Crippen molar-refractivity contribution in [1.82, 2.24) is 14.4 Å². The number of aryl methyl sites for hydroxylation is 1. The van der Waals surface area contributed by atoms with Crippen molar-refractivity contribution in [2.75, 3.05) is 39.3 Å². The number of aliphatic hydroxyl groups is 1. The van der Waals surface area contributed by atoms with Gasteiger partial charge in [0.15, 0.2) is 0 Å². The number of carbonyl (C=O) groups excluding carboxylic acids is 1. The molecule has 0 saturated carbocycles. The van der Waals surface area contributed by atoms with Gasteiger partial charge in [0.1, 0.15) is 5.69 Å². The standard InChI is InChI=1S/C13H21N3O2/c1-2-15-5-3-4-12(15)13(18)16-8-6-14(7-9-16)10-11-17/h3-5,17H,2,6-11H2,1H3. The van der Waals surface area contributed by atoms with Crippen LogP contribution in [-0.2, 0) is 6.54 Å². The first-order chi connectivity index (χ1) is 8.76. The van der Waals surface area contributed by atoms with E-state index in [4.69, 9.17) is 5.11 Å². The summed E-state index contributed by atoms with van der Waals surface area (Å²) in [6.45, 7) is 6.92. The fraction of sp³-hybridized carbons (Fsp3) is 0.615. The number of aromatic nitrogens is 1. The van der Waals surface area contributed by atoms with Crippen molar-refractivity contribution in [1.29, 1.82) is 0 Å². The SMILES string of the molecule is CCn1cccc1C(=O)N1CCN(CCO)CC1. The largest absolute Gasteiger partial charge is 0.395 e. The summed E-state index contributed by atoms with van der Waals surface area (Å²) >= 11 is 0. The molecule has 1 aliphatic rings. The average molecular weight is 251 g/mol. The lowest BCUT2D eigenvalue weighted by Gasteiger charge is -2.34. The second kappa shape index (κ2) is 6.02. The molecule has 0 bridgehead atoms. The second-order valence-corrected chi connectivity index (χ2v) is 4.54. The van der Waals surface area contributed by atoms with Gasteiger partial charge in [0, 0.05) is 45.5 Å². The first kappa shape index (κ1) is 13.1.